The number of rotatable bonds is 7. The minimum absolute atomic E-state index is 0. The van der Waals surface area contributed by atoms with E-state index in [2.05, 4.69) is 56.9 Å². The van der Waals surface area contributed by atoms with E-state index in [-0.39, 0.29) is 24.0 Å². The normalized spacial score (nSPS) is 13.1. The van der Waals surface area contributed by atoms with Gasteiger partial charge in [-0.05, 0) is 36.8 Å². The lowest BCUT2D eigenvalue weighted by Crippen LogP contribution is -2.30. The Morgan fingerprint density at radius 1 is 1.07 bits per heavy atom. The average Bonchev–Trinajstić information content (AvgIpc) is 3.27. The Morgan fingerprint density at radius 3 is 2.41 bits per heavy atom. The Bertz CT molecular complexity index is 829. The van der Waals surface area contributed by atoms with Gasteiger partial charge in [-0.15, -0.1) is 24.0 Å². The van der Waals surface area contributed by atoms with Crippen molar-refractivity contribution in [3.05, 3.63) is 60.2 Å². The summed E-state index contributed by atoms with van der Waals surface area (Å²) >= 11 is 0. The molecule has 0 saturated heterocycles. The zero-order valence-corrected chi connectivity index (χ0v) is 19.5. The summed E-state index contributed by atoms with van der Waals surface area (Å²) < 4.78 is 11.0. The predicted molar refractivity (Wildman–Crippen MR) is 131 cm³/mol. The Kier molecular flexibility index (Phi) is 9.11. The number of ether oxygens (including phenoxy) is 2. The van der Waals surface area contributed by atoms with Crippen LogP contribution in [0, 0.1) is 0 Å². The van der Waals surface area contributed by atoms with Crippen LogP contribution in [0.2, 0.25) is 0 Å². The average molecular weight is 508 g/mol. The molecule has 0 atom stereocenters. The van der Waals surface area contributed by atoms with Gasteiger partial charge in [0, 0.05) is 44.1 Å². The summed E-state index contributed by atoms with van der Waals surface area (Å²) in [4.78, 5) is 6.63. The van der Waals surface area contributed by atoms with Crippen molar-refractivity contribution in [2.45, 2.75) is 13.5 Å². The SMILES string of the molecule is CCOc1ccc(NC(=NC)NCc2ccc(N3CC=CC3)cc2)cc1OC.I. The van der Waals surface area contributed by atoms with Crippen molar-refractivity contribution < 1.29 is 9.47 Å². The van der Waals surface area contributed by atoms with Gasteiger partial charge in [0.1, 0.15) is 0 Å². The molecule has 1 heterocycles. The number of halogens is 1. The first kappa shape index (κ1) is 22.9. The molecule has 6 nitrogen and oxygen atoms in total. The van der Waals surface area contributed by atoms with E-state index >= 15 is 0 Å². The monoisotopic (exact) mass is 508 g/mol. The number of methoxy groups -OCH3 is 1. The predicted octanol–water partition coefficient (Wildman–Crippen LogP) is 4.28. The van der Waals surface area contributed by atoms with Gasteiger partial charge in [-0.25, -0.2) is 0 Å². The molecular formula is C22H29IN4O2. The molecule has 29 heavy (non-hydrogen) atoms. The molecule has 1 aliphatic rings. The van der Waals surface area contributed by atoms with E-state index in [0.29, 0.717) is 24.9 Å². The van der Waals surface area contributed by atoms with Gasteiger partial charge in [0.2, 0.25) is 0 Å². The van der Waals surface area contributed by atoms with E-state index in [1.54, 1.807) is 14.2 Å². The summed E-state index contributed by atoms with van der Waals surface area (Å²) in [6, 6.07) is 14.4. The van der Waals surface area contributed by atoms with Crippen LogP contribution in [-0.2, 0) is 6.54 Å². The fraction of sp³-hybridized carbons (Fsp3) is 0.318. The molecule has 2 aromatic rings. The second-order valence-electron chi connectivity index (χ2n) is 6.39. The Morgan fingerprint density at radius 2 is 1.79 bits per heavy atom. The van der Waals surface area contributed by atoms with Crippen LogP contribution in [0.25, 0.3) is 0 Å². The molecule has 0 fully saturated rings. The first-order valence-electron chi connectivity index (χ1n) is 9.51. The number of nitrogens with zero attached hydrogens (tertiary/aromatic N) is 2. The first-order valence-corrected chi connectivity index (χ1v) is 9.51. The van der Waals surface area contributed by atoms with Gasteiger partial charge < -0.3 is 25.0 Å². The molecule has 0 unspecified atom stereocenters. The first-order chi connectivity index (χ1) is 13.7. The largest absolute Gasteiger partial charge is 0.493 e. The van der Waals surface area contributed by atoms with Crippen molar-refractivity contribution in [1.82, 2.24) is 5.32 Å². The van der Waals surface area contributed by atoms with Gasteiger partial charge in [-0.1, -0.05) is 24.3 Å². The summed E-state index contributed by atoms with van der Waals surface area (Å²) in [5, 5.41) is 6.63. The van der Waals surface area contributed by atoms with Crippen LogP contribution in [0.5, 0.6) is 11.5 Å². The van der Waals surface area contributed by atoms with Crippen LogP contribution in [0.1, 0.15) is 12.5 Å². The molecule has 2 aromatic carbocycles. The molecule has 2 N–H and O–H groups in total. The highest BCUT2D eigenvalue weighted by atomic mass is 127. The summed E-state index contributed by atoms with van der Waals surface area (Å²) in [5.74, 6) is 2.11. The highest BCUT2D eigenvalue weighted by Crippen LogP contribution is 2.30. The Hall–Kier alpha value is -2.42. The lowest BCUT2D eigenvalue weighted by atomic mass is 10.2. The minimum atomic E-state index is 0. The van der Waals surface area contributed by atoms with Crippen LogP contribution in [0.15, 0.2) is 59.6 Å². The lowest BCUT2D eigenvalue weighted by Gasteiger charge is -2.18. The van der Waals surface area contributed by atoms with Crippen LogP contribution < -0.4 is 25.0 Å². The van der Waals surface area contributed by atoms with Crippen molar-refractivity contribution in [2.75, 3.05) is 44.1 Å². The van der Waals surface area contributed by atoms with Crippen molar-refractivity contribution in [3.63, 3.8) is 0 Å². The minimum Gasteiger partial charge on any atom is -0.493 e. The zero-order chi connectivity index (χ0) is 19.8. The van der Waals surface area contributed by atoms with E-state index in [1.165, 1.54) is 11.3 Å². The molecule has 0 spiro atoms. The lowest BCUT2D eigenvalue weighted by molar-refractivity contribution is 0.311. The van der Waals surface area contributed by atoms with Crippen LogP contribution in [0.4, 0.5) is 11.4 Å². The van der Waals surface area contributed by atoms with E-state index in [4.69, 9.17) is 9.47 Å². The third-order valence-corrected chi connectivity index (χ3v) is 4.53. The molecule has 156 valence electrons. The van der Waals surface area contributed by atoms with Gasteiger partial charge in [0.25, 0.3) is 0 Å². The number of benzene rings is 2. The molecule has 0 saturated carbocycles. The fourth-order valence-corrected chi connectivity index (χ4v) is 3.04. The summed E-state index contributed by atoms with van der Waals surface area (Å²) in [6.07, 6.45) is 4.39. The number of nitrogens with one attached hydrogen (secondary N) is 2. The summed E-state index contributed by atoms with van der Waals surface area (Å²) in [6.45, 7) is 5.21. The summed E-state index contributed by atoms with van der Waals surface area (Å²) in [5.41, 5.74) is 3.33. The van der Waals surface area contributed by atoms with E-state index in [1.807, 2.05) is 25.1 Å². The molecule has 7 heteroatoms. The zero-order valence-electron chi connectivity index (χ0n) is 17.1. The molecular weight excluding hydrogens is 479 g/mol. The quantitative estimate of drug-likeness (QED) is 0.253. The highest BCUT2D eigenvalue weighted by Gasteiger charge is 2.08. The third-order valence-electron chi connectivity index (χ3n) is 4.53. The number of anilines is 2. The molecule has 0 aromatic heterocycles. The Labute approximate surface area is 190 Å². The van der Waals surface area contributed by atoms with Crippen molar-refractivity contribution in [3.8, 4) is 11.5 Å². The van der Waals surface area contributed by atoms with E-state index in [9.17, 15) is 0 Å². The highest BCUT2D eigenvalue weighted by molar-refractivity contribution is 14.0. The second kappa shape index (κ2) is 11.5. The van der Waals surface area contributed by atoms with Gasteiger partial charge in [-0.3, -0.25) is 4.99 Å². The number of hydrogen-bond acceptors (Lipinski definition) is 4. The van der Waals surface area contributed by atoms with Gasteiger partial charge in [0.05, 0.1) is 13.7 Å². The molecule has 0 radical (unpaired) electrons. The topological polar surface area (TPSA) is 58.1 Å². The maximum Gasteiger partial charge on any atom is 0.195 e. The van der Waals surface area contributed by atoms with Crippen molar-refractivity contribution >= 4 is 41.3 Å². The number of hydrogen-bond donors (Lipinski definition) is 2. The molecule has 1 aliphatic heterocycles. The van der Waals surface area contributed by atoms with Gasteiger partial charge in [-0.2, -0.15) is 0 Å². The fourth-order valence-electron chi connectivity index (χ4n) is 3.04. The molecule has 0 bridgehead atoms. The van der Waals surface area contributed by atoms with Crippen LogP contribution >= 0.6 is 24.0 Å². The standard InChI is InChI=1S/C22H28N4O2.HI/c1-4-28-20-12-9-18(15-21(20)27-3)25-22(23-2)24-16-17-7-10-19(11-8-17)26-13-5-6-14-26;/h5-12,15H,4,13-14,16H2,1-3H3,(H2,23,24,25);1H. The Balaban J connectivity index is 0.00000300. The van der Waals surface area contributed by atoms with Gasteiger partial charge >= 0.3 is 0 Å². The van der Waals surface area contributed by atoms with Crippen LogP contribution in [0.3, 0.4) is 0 Å². The molecule has 3 rings (SSSR count). The number of aliphatic imine (C=N–C) groups is 1. The number of guanidine groups is 1. The molecule has 0 aliphatic carbocycles. The second-order valence-corrected chi connectivity index (χ2v) is 6.39. The van der Waals surface area contributed by atoms with Crippen molar-refractivity contribution in [2.24, 2.45) is 4.99 Å². The maximum absolute atomic E-state index is 5.56. The van der Waals surface area contributed by atoms with E-state index in [0.717, 1.165) is 24.5 Å². The van der Waals surface area contributed by atoms with E-state index < -0.39 is 0 Å². The third kappa shape index (κ3) is 6.28. The smallest absolute Gasteiger partial charge is 0.195 e. The molecule has 0 amide bonds. The van der Waals surface area contributed by atoms with Gasteiger partial charge in [0.15, 0.2) is 17.5 Å². The van der Waals surface area contributed by atoms with Crippen LogP contribution in [-0.4, -0.2) is 39.8 Å². The summed E-state index contributed by atoms with van der Waals surface area (Å²) in [7, 11) is 3.39. The maximum atomic E-state index is 5.56. The van der Waals surface area contributed by atoms with Crippen molar-refractivity contribution in [1.29, 1.82) is 0 Å².